The van der Waals surface area contributed by atoms with E-state index >= 15 is 0 Å². The van der Waals surface area contributed by atoms with Crippen LogP contribution in [0.4, 0.5) is 16.2 Å². The summed E-state index contributed by atoms with van der Waals surface area (Å²) in [7, 11) is -3.43. The lowest BCUT2D eigenvalue weighted by Gasteiger charge is -2.43. The van der Waals surface area contributed by atoms with Gasteiger partial charge in [0.05, 0.1) is 17.1 Å². The molecule has 11 heteroatoms. The zero-order chi connectivity index (χ0) is 24.2. The van der Waals surface area contributed by atoms with Crippen LogP contribution in [0.1, 0.15) is 46.5 Å². The highest BCUT2D eigenvalue weighted by Crippen LogP contribution is 2.46. The van der Waals surface area contributed by atoms with Crippen molar-refractivity contribution in [3.05, 3.63) is 18.2 Å². The van der Waals surface area contributed by atoms with E-state index in [2.05, 4.69) is 24.5 Å². The Kier molecular flexibility index (Phi) is 5.58. The monoisotopic (exact) mass is 478 g/mol. The molecule has 2 atom stereocenters. The minimum atomic E-state index is -3.43. The number of sulfonamides is 1. The number of anilines is 2. The molecule has 10 nitrogen and oxygen atoms in total. The molecule has 1 aromatic carbocycles. The lowest BCUT2D eigenvalue weighted by atomic mass is 9.64. The van der Waals surface area contributed by atoms with Crippen molar-refractivity contribution < 1.29 is 27.9 Å². The predicted octanol–water partition coefficient (Wildman–Crippen LogP) is 2.01. The summed E-state index contributed by atoms with van der Waals surface area (Å²) in [5.74, 6) is -1.05. The van der Waals surface area contributed by atoms with Crippen molar-refractivity contribution in [3.8, 4) is 5.75 Å². The SMILES string of the molecule is CC1CC(C)(C)CC2(C1)NC(=O)N(CC(=O)Nc1cc(N3CCCS3(=O)=O)ccc1O)C2=O. The number of imide groups is 1. The maximum Gasteiger partial charge on any atom is 0.325 e. The highest BCUT2D eigenvalue weighted by atomic mass is 32.2. The van der Waals surface area contributed by atoms with Crippen LogP contribution in [-0.2, 0) is 19.6 Å². The zero-order valence-electron chi connectivity index (χ0n) is 19.1. The van der Waals surface area contributed by atoms with Crippen LogP contribution in [0.5, 0.6) is 5.75 Å². The van der Waals surface area contributed by atoms with Gasteiger partial charge in [-0.1, -0.05) is 20.8 Å². The molecular formula is C22H30N4O6S. The average molecular weight is 479 g/mol. The van der Waals surface area contributed by atoms with Gasteiger partial charge in [-0.25, -0.2) is 13.2 Å². The molecule has 2 aliphatic heterocycles. The van der Waals surface area contributed by atoms with Gasteiger partial charge in [0.2, 0.25) is 15.9 Å². The minimum Gasteiger partial charge on any atom is -0.506 e. The van der Waals surface area contributed by atoms with Gasteiger partial charge in [-0.05, 0) is 55.2 Å². The van der Waals surface area contributed by atoms with Crippen LogP contribution in [-0.4, -0.2) is 60.7 Å². The molecule has 2 saturated heterocycles. The van der Waals surface area contributed by atoms with Crippen LogP contribution >= 0.6 is 0 Å². The Morgan fingerprint density at radius 3 is 2.64 bits per heavy atom. The fourth-order valence-electron chi connectivity index (χ4n) is 5.69. The van der Waals surface area contributed by atoms with Crippen LogP contribution in [0.2, 0.25) is 0 Å². The number of amides is 4. The first kappa shape index (κ1) is 23.3. The third-order valence-corrected chi connectivity index (χ3v) is 8.44. The van der Waals surface area contributed by atoms with Crippen molar-refractivity contribution in [1.29, 1.82) is 0 Å². The number of nitrogens with zero attached hydrogens (tertiary/aromatic N) is 2. The van der Waals surface area contributed by atoms with Crippen molar-refractivity contribution in [2.24, 2.45) is 11.3 Å². The number of hydrogen-bond acceptors (Lipinski definition) is 6. The number of phenols is 1. The quantitative estimate of drug-likeness (QED) is 0.447. The maximum atomic E-state index is 13.2. The standard InChI is InChI=1S/C22H30N4O6S/c1-14-10-21(2,3)13-22(11-14)19(29)25(20(30)24-22)12-18(28)23-16-9-15(5-6-17(16)27)26-7-4-8-33(26,31)32/h5-6,9,14,27H,4,7-8,10-13H2,1-3H3,(H,23,28)(H,24,30). The van der Waals surface area contributed by atoms with Gasteiger partial charge in [0.15, 0.2) is 0 Å². The third kappa shape index (κ3) is 4.38. The van der Waals surface area contributed by atoms with E-state index < -0.39 is 40.0 Å². The van der Waals surface area contributed by atoms with Crippen LogP contribution in [0.3, 0.4) is 0 Å². The molecule has 1 saturated carbocycles. The number of hydrogen-bond donors (Lipinski definition) is 3. The molecule has 0 aromatic heterocycles. The molecule has 2 heterocycles. The van der Waals surface area contributed by atoms with Crippen LogP contribution in [0.25, 0.3) is 0 Å². The zero-order valence-corrected chi connectivity index (χ0v) is 19.9. The van der Waals surface area contributed by atoms with E-state index in [1.54, 1.807) is 0 Å². The molecule has 33 heavy (non-hydrogen) atoms. The number of nitrogens with one attached hydrogen (secondary N) is 2. The molecule has 0 bridgehead atoms. The van der Waals surface area contributed by atoms with E-state index in [0.29, 0.717) is 31.5 Å². The van der Waals surface area contributed by atoms with E-state index in [1.807, 2.05) is 6.92 Å². The smallest absolute Gasteiger partial charge is 0.325 e. The van der Waals surface area contributed by atoms with Crippen molar-refractivity contribution in [3.63, 3.8) is 0 Å². The van der Waals surface area contributed by atoms with Gasteiger partial charge in [-0.3, -0.25) is 18.8 Å². The molecule has 0 radical (unpaired) electrons. The number of carbonyl (C=O) groups is 3. The Morgan fingerprint density at radius 2 is 2.00 bits per heavy atom. The Hall–Kier alpha value is -2.82. The summed E-state index contributed by atoms with van der Waals surface area (Å²) < 4.78 is 25.6. The topological polar surface area (TPSA) is 136 Å². The van der Waals surface area contributed by atoms with Gasteiger partial charge in [-0.2, -0.15) is 0 Å². The lowest BCUT2D eigenvalue weighted by Crippen LogP contribution is -2.54. The number of rotatable bonds is 4. The Bertz CT molecular complexity index is 1120. The van der Waals surface area contributed by atoms with Gasteiger partial charge in [0, 0.05) is 6.54 Å². The first-order valence-electron chi connectivity index (χ1n) is 11.1. The molecule has 1 aromatic rings. The summed E-state index contributed by atoms with van der Waals surface area (Å²) in [5, 5.41) is 15.5. The summed E-state index contributed by atoms with van der Waals surface area (Å²) in [6.45, 7) is 5.99. The van der Waals surface area contributed by atoms with Gasteiger partial charge in [0.1, 0.15) is 17.8 Å². The second-order valence-corrected chi connectivity index (χ2v) is 12.3. The fourth-order valence-corrected chi connectivity index (χ4v) is 7.25. The van der Waals surface area contributed by atoms with Crippen LogP contribution in [0, 0.1) is 11.3 Å². The maximum absolute atomic E-state index is 13.2. The lowest BCUT2D eigenvalue weighted by molar-refractivity contribution is -0.136. The predicted molar refractivity (Wildman–Crippen MR) is 122 cm³/mol. The summed E-state index contributed by atoms with van der Waals surface area (Å²) in [5.41, 5.74) is -0.798. The summed E-state index contributed by atoms with van der Waals surface area (Å²) >= 11 is 0. The van der Waals surface area contributed by atoms with Gasteiger partial charge < -0.3 is 15.7 Å². The minimum absolute atomic E-state index is 0.00814. The number of urea groups is 1. The highest BCUT2D eigenvalue weighted by molar-refractivity contribution is 7.93. The summed E-state index contributed by atoms with van der Waals surface area (Å²) in [6.07, 6.45) is 2.46. The van der Waals surface area contributed by atoms with Gasteiger partial charge in [0.25, 0.3) is 5.91 Å². The van der Waals surface area contributed by atoms with Gasteiger partial charge in [-0.15, -0.1) is 0 Å². The molecule has 4 rings (SSSR count). The van der Waals surface area contributed by atoms with Crippen molar-refractivity contribution >= 4 is 39.2 Å². The molecule has 3 fully saturated rings. The van der Waals surface area contributed by atoms with Crippen molar-refractivity contribution in [2.45, 2.75) is 52.0 Å². The fraction of sp³-hybridized carbons (Fsp3) is 0.591. The number of carbonyl (C=O) groups excluding carboxylic acids is 3. The summed E-state index contributed by atoms with van der Waals surface area (Å²) in [4.78, 5) is 39.5. The van der Waals surface area contributed by atoms with Crippen molar-refractivity contribution in [1.82, 2.24) is 10.2 Å². The molecule has 1 spiro atoms. The van der Waals surface area contributed by atoms with E-state index in [0.717, 1.165) is 11.3 Å². The molecule has 3 N–H and O–H groups in total. The number of benzene rings is 1. The number of phenolic OH excluding ortho intramolecular Hbond substituents is 1. The number of aromatic hydroxyl groups is 1. The van der Waals surface area contributed by atoms with E-state index in [9.17, 15) is 27.9 Å². The second-order valence-electron chi connectivity index (χ2n) is 10.2. The normalized spacial score (nSPS) is 28.3. The average Bonchev–Trinajstić information content (AvgIpc) is 3.13. The van der Waals surface area contributed by atoms with Crippen molar-refractivity contribution in [2.75, 3.05) is 28.5 Å². The van der Waals surface area contributed by atoms with Gasteiger partial charge >= 0.3 is 6.03 Å². The Balaban J connectivity index is 1.49. The van der Waals surface area contributed by atoms with E-state index in [1.165, 1.54) is 22.5 Å². The Morgan fingerprint density at radius 1 is 1.27 bits per heavy atom. The first-order valence-corrected chi connectivity index (χ1v) is 12.7. The molecule has 180 valence electrons. The Labute approximate surface area is 193 Å². The molecule has 1 aliphatic carbocycles. The molecule has 3 aliphatic rings. The largest absolute Gasteiger partial charge is 0.506 e. The summed E-state index contributed by atoms with van der Waals surface area (Å²) in [6, 6.07) is 3.52. The van der Waals surface area contributed by atoms with Crippen LogP contribution in [0.15, 0.2) is 18.2 Å². The molecular weight excluding hydrogens is 448 g/mol. The highest BCUT2D eigenvalue weighted by Gasteiger charge is 2.56. The molecule has 2 unspecified atom stereocenters. The molecule has 4 amide bonds. The van der Waals surface area contributed by atoms with E-state index in [-0.39, 0.29) is 28.5 Å². The second kappa shape index (κ2) is 7.89. The van der Waals surface area contributed by atoms with Crippen LogP contribution < -0.4 is 14.9 Å². The third-order valence-electron chi connectivity index (χ3n) is 6.57. The first-order chi connectivity index (χ1) is 15.3. The van der Waals surface area contributed by atoms with E-state index in [4.69, 9.17) is 0 Å².